The van der Waals surface area contributed by atoms with Crippen LogP contribution in [0.4, 0.5) is 0 Å². The van der Waals surface area contributed by atoms with Gasteiger partial charge in [-0.05, 0) is 13.1 Å². The van der Waals surface area contributed by atoms with Gasteiger partial charge in [0.15, 0.2) is 0 Å². The lowest BCUT2D eigenvalue weighted by molar-refractivity contribution is 1.80. The van der Waals surface area contributed by atoms with Crippen LogP contribution in [-0.2, 0) is 0 Å². The minimum atomic E-state index is 0. The van der Waals surface area contributed by atoms with Crippen LogP contribution in [-0.4, -0.2) is 13.6 Å². The molecular weight excluding hydrogens is 72.9 g/mol. The molecule has 0 rings (SSSR count). The molecule has 0 aliphatic carbocycles. The number of nitrogens with zero attached hydrogens (tertiary/aromatic N) is 1. The van der Waals surface area contributed by atoms with E-state index in [-0.39, 0.29) is 7.43 Å². The monoisotopic (exact) mass is 84.1 g/mol. The van der Waals surface area contributed by atoms with Gasteiger partial charge in [-0.3, -0.25) is 0 Å². The highest BCUT2D eigenvalue weighted by molar-refractivity contribution is 6.32. The van der Waals surface area contributed by atoms with Crippen LogP contribution in [0.15, 0.2) is 4.90 Å². The minimum Gasteiger partial charge on any atom is -0.360 e. The second kappa shape index (κ2) is 8.83. The molecule has 0 heterocycles. The van der Waals surface area contributed by atoms with Gasteiger partial charge in [0.05, 0.1) is 0 Å². The van der Waals surface area contributed by atoms with Gasteiger partial charge >= 0.3 is 0 Å². The summed E-state index contributed by atoms with van der Waals surface area (Å²) in [5, 5.41) is 0. The molecule has 35 valence electrons. The van der Waals surface area contributed by atoms with Crippen molar-refractivity contribution >= 4 is 13.6 Å². The van der Waals surface area contributed by atoms with E-state index in [1.54, 1.807) is 13.6 Å². The van der Waals surface area contributed by atoms with Crippen LogP contribution < -0.4 is 0 Å². The number of hydrogen-bond donors (Lipinski definition) is 0. The van der Waals surface area contributed by atoms with E-state index in [9.17, 15) is 0 Å². The molecule has 0 spiro atoms. The van der Waals surface area contributed by atoms with Crippen LogP contribution in [0, 0.1) is 0 Å². The summed E-state index contributed by atoms with van der Waals surface area (Å²) in [5.41, 5.74) is 0. The van der Waals surface area contributed by atoms with Crippen LogP contribution in [0.2, 0.25) is 6.82 Å². The maximum Gasteiger partial charge on any atom is 0.270 e. The van der Waals surface area contributed by atoms with Gasteiger partial charge in [-0.15, -0.1) is 0 Å². The third-order valence-corrected chi connectivity index (χ3v) is 0.298. The largest absolute Gasteiger partial charge is 0.360 e. The number of rotatable bonds is 1. The first-order valence-electron chi connectivity index (χ1n) is 1.67. The Morgan fingerprint density at radius 2 is 2.17 bits per heavy atom. The fourth-order valence-corrected chi connectivity index (χ4v) is 0.149. The first-order chi connectivity index (χ1) is 2.41. The lowest BCUT2D eigenvalue weighted by atomic mass is 10.0. The highest BCUT2D eigenvalue weighted by atomic mass is 14.5. The molecule has 0 saturated heterocycles. The minimum absolute atomic E-state index is 0. The Kier molecular flexibility index (Phi) is 13.6. The van der Waals surface area contributed by atoms with Gasteiger partial charge in [-0.25, -0.2) is 0 Å². The van der Waals surface area contributed by atoms with E-state index in [4.69, 9.17) is 0 Å². The molecule has 0 N–H and O–H groups in total. The van der Waals surface area contributed by atoms with Gasteiger partial charge in [0.25, 0.3) is 7.41 Å². The summed E-state index contributed by atoms with van der Waals surface area (Å²) in [6.07, 6.45) is 1.75. The molecule has 0 aromatic carbocycles. The Morgan fingerprint density at radius 3 is 2.17 bits per heavy atom. The predicted octanol–water partition coefficient (Wildman–Crippen LogP) is 1.38. The first kappa shape index (κ1) is 9.22. The molecule has 0 unspecified atom stereocenters. The zero-order valence-electron chi connectivity index (χ0n) is 3.60. The van der Waals surface area contributed by atoms with Crippen LogP contribution in [0.5, 0.6) is 0 Å². The summed E-state index contributed by atoms with van der Waals surface area (Å²) in [7, 11) is 1.75. The topological polar surface area (TPSA) is 12.4 Å². The molecule has 0 saturated carbocycles. The molecule has 1 nitrogen and oxygen atoms in total. The summed E-state index contributed by atoms with van der Waals surface area (Å²) in [6, 6.07) is 0. The zero-order chi connectivity index (χ0) is 4.12. The average molecular weight is 84.0 g/mol. The van der Waals surface area contributed by atoms with Crippen LogP contribution >= 0.6 is 0 Å². The van der Waals surface area contributed by atoms with Gasteiger partial charge in [-0.1, -0.05) is 14.2 Å². The van der Waals surface area contributed by atoms with E-state index in [0.717, 1.165) is 0 Å². The van der Waals surface area contributed by atoms with Gasteiger partial charge in [0, 0.05) is 0 Å². The van der Waals surface area contributed by atoms with E-state index in [2.05, 4.69) is 4.90 Å². The maximum absolute atomic E-state index is 3.72. The second-order valence-electron chi connectivity index (χ2n) is 0.665. The maximum atomic E-state index is 3.72. The normalized spacial score (nSPS) is 7.67. The summed E-state index contributed by atoms with van der Waals surface area (Å²) >= 11 is 0. The molecule has 0 bridgehead atoms. The summed E-state index contributed by atoms with van der Waals surface area (Å²) in [4.78, 5) is 3.72. The highest BCUT2D eigenvalue weighted by Gasteiger charge is 1.58. The van der Waals surface area contributed by atoms with Crippen molar-refractivity contribution in [1.29, 1.82) is 0 Å². The molecule has 0 aliphatic heterocycles. The highest BCUT2D eigenvalue weighted by Crippen LogP contribution is 1.53. The third kappa shape index (κ3) is 9.28. The van der Waals surface area contributed by atoms with Crippen molar-refractivity contribution in [3.8, 4) is 0 Å². The molecular formula is C4H11BN. The van der Waals surface area contributed by atoms with E-state index < -0.39 is 0 Å². The Labute approximate surface area is 40.7 Å². The number of hydrogen-bond acceptors (Lipinski definition) is 1. The molecule has 0 fully saturated rings. The molecule has 2 heteroatoms. The SMILES string of the molecule is C.C[B]N=CC. The van der Waals surface area contributed by atoms with Crippen molar-refractivity contribution in [2.24, 2.45) is 4.90 Å². The molecule has 1 radical (unpaired) electrons. The third-order valence-electron chi connectivity index (χ3n) is 0.298. The van der Waals surface area contributed by atoms with Crippen molar-refractivity contribution in [3.63, 3.8) is 0 Å². The lowest BCUT2D eigenvalue weighted by Crippen LogP contribution is -1.68. The van der Waals surface area contributed by atoms with Gasteiger partial charge in [0.2, 0.25) is 0 Å². The second-order valence-corrected chi connectivity index (χ2v) is 0.665. The Morgan fingerprint density at radius 1 is 1.67 bits per heavy atom. The van der Waals surface area contributed by atoms with E-state index in [1.165, 1.54) is 0 Å². The average Bonchev–Trinajstić information content (AvgIpc) is 1.41. The van der Waals surface area contributed by atoms with Crippen molar-refractivity contribution in [2.45, 2.75) is 21.2 Å². The van der Waals surface area contributed by atoms with Gasteiger partial charge in [0.1, 0.15) is 0 Å². The van der Waals surface area contributed by atoms with Gasteiger partial charge in [-0.2, -0.15) is 0 Å². The van der Waals surface area contributed by atoms with E-state index in [0.29, 0.717) is 0 Å². The van der Waals surface area contributed by atoms with Gasteiger partial charge < -0.3 is 4.90 Å². The fourth-order valence-electron chi connectivity index (χ4n) is 0.149. The molecule has 0 aliphatic rings. The Hall–Kier alpha value is -0.265. The van der Waals surface area contributed by atoms with Crippen molar-refractivity contribution in [2.75, 3.05) is 0 Å². The predicted molar refractivity (Wildman–Crippen MR) is 32.5 cm³/mol. The zero-order valence-corrected chi connectivity index (χ0v) is 3.60. The van der Waals surface area contributed by atoms with E-state index >= 15 is 0 Å². The summed E-state index contributed by atoms with van der Waals surface area (Å²) in [5.74, 6) is 0. The quantitative estimate of drug-likeness (QED) is 0.336. The molecule has 0 amide bonds. The standard InChI is InChI=1S/C3H7BN.CH4/c1-3-5-4-2;/h3H,1-2H3;1H4. The Balaban J connectivity index is 0. The van der Waals surface area contributed by atoms with Crippen LogP contribution in [0.1, 0.15) is 14.4 Å². The molecule has 0 aromatic rings. The van der Waals surface area contributed by atoms with Crippen molar-refractivity contribution in [1.82, 2.24) is 0 Å². The molecule has 0 aromatic heterocycles. The first-order valence-corrected chi connectivity index (χ1v) is 1.67. The summed E-state index contributed by atoms with van der Waals surface area (Å²) in [6.45, 7) is 3.78. The van der Waals surface area contributed by atoms with Crippen LogP contribution in [0.3, 0.4) is 0 Å². The van der Waals surface area contributed by atoms with Crippen LogP contribution in [0.25, 0.3) is 0 Å². The smallest absolute Gasteiger partial charge is 0.270 e. The summed E-state index contributed by atoms with van der Waals surface area (Å²) < 4.78 is 0. The van der Waals surface area contributed by atoms with E-state index in [1.807, 2.05) is 13.7 Å². The molecule has 0 atom stereocenters. The fraction of sp³-hybridized carbons (Fsp3) is 0.750. The Bertz CT molecular complexity index is 34.5. The van der Waals surface area contributed by atoms with Crippen molar-refractivity contribution < 1.29 is 0 Å². The van der Waals surface area contributed by atoms with Crippen molar-refractivity contribution in [3.05, 3.63) is 0 Å². The lowest BCUT2D eigenvalue weighted by Gasteiger charge is -1.64. The molecule has 6 heavy (non-hydrogen) atoms.